The van der Waals surface area contributed by atoms with E-state index in [1.807, 2.05) is 37.3 Å². The van der Waals surface area contributed by atoms with Gasteiger partial charge in [-0.25, -0.2) is 4.79 Å². The predicted octanol–water partition coefficient (Wildman–Crippen LogP) is 4.61. The van der Waals surface area contributed by atoms with Crippen LogP contribution in [0.15, 0.2) is 41.0 Å². The third-order valence-corrected chi connectivity index (χ3v) is 5.42. The highest BCUT2D eigenvalue weighted by Crippen LogP contribution is 2.31. The Hall–Kier alpha value is -3.01. The second-order valence-corrected chi connectivity index (χ2v) is 8.22. The highest BCUT2D eigenvalue weighted by Gasteiger charge is 2.38. The van der Waals surface area contributed by atoms with Crippen LogP contribution in [-0.4, -0.2) is 47.3 Å². The second-order valence-electron chi connectivity index (χ2n) is 8.22. The third kappa shape index (κ3) is 7.81. The number of carboxylic acids is 1. The Morgan fingerprint density at radius 1 is 1.18 bits per heavy atom. The third-order valence-electron chi connectivity index (χ3n) is 5.42. The van der Waals surface area contributed by atoms with Crippen LogP contribution in [0.2, 0.25) is 0 Å². The zero-order chi connectivity index (χ0) is 24.0. The van der Waals surface area contributed by atoms with Crippen molar-refractivity contribution in [2.24, 2.45) is 5.92 Å². The van der Waals surface area contributed by atoms with Gasteiger partial charge in [-0.2, -0.15) is 13.2 Å². The molecular formula is C23H27F3N2O5. The normalized spacial score (nSPS) is 17.1. The number of aryl methyl sites for hydroxylation is 1. The number of furan rings is 1. The number of ether oxygens (including phenoxy) is 1. The van der Waals surface area contributed by atoms with E-state index in [1.165, 1.54) is 0 Å². The van der Waals surface area contributed by atoms with E-state index in [1.54, 1.807) is 6.26 Å². The first-order chi connectivity index (χ1) is 15.6. The molecule has 1 aromatic carbocycles. The Morgan fingerprint density at radius 2 is 1.85 bits per heavy atom. The van der Waals surface area contributed by atoms with Crippen molar-refractivity contribution in [1.29, 1.82) is 0 Å². The Morgan fingerprint density at radius 3 is 2.36 bits per heavy atom. The zero-order valence-corrected chi connectivity index (χ0v) is 18.2. The highest BCUT2D eigenvalue weighted by molar-refractivity contribution is 5.94. The fourth-order valence-corrected chi connectivity index (χ4v) is 3.44. The van der Waals surface area contributed by atoms with Gasteiger partial charge in [-0.1, -0.05) is 0 Å². The van der Waals surface area contributed by atoms with Crippen molar-refractivity contribution in [3.05, 3.63) is 47.9 Å². The molecule has 2 aliphatic rings. The van der Waals surface area contributed by atoms with Gasteiger partial charge in [0.05, 0.1) is 12.8 Å². The molecular weight excluding hydrogens is 441 g/mol. The van der Waals surface area contributed by atoms with Crippen molar-refractivity contribution < 1.29 is 37.0 Å². The van der Waals surface area contributed by atoms with E-state index in [4.69, 9.17) is 19.1 Å². The summed E-state index contributed by atoms with van der Waals surface area (Å²) >= 11 is 0. The van der Waals surface area contributed by atoms with Gasteiger partial charge in [0.1, 0.15) is 17.6 Å². The number of likely N-dealkylation sites (tertiary alicyclic amines) is 1. The standard InChI is InChI=1S/C21H26N2O3.C2HF3O2/c1-15-13-17(22-21(24)16-4-5-16)6-7-20(15)26-18-8-10-23(11-9-18)14-19-3-2-12-25-19;3-2(4,5)1(6)7/h2-3,6-7,12-13,16,18H,4-5,8-11,14H2,1H3,(H,22,24);(H,6,7). The van der Waals surface area contributed by atoms with Gasteiger partial charge in [0.25, 0.3) is 0 Å². The van der Waals surface area contributed by atoms with Gasteiger partial charge < -0.3 is 19.6 Å². The number of piperidine rings is 1. The summed E-state index contributed by atoms with van der Waals surface area (Å²) in [4.78, 5) is 23.2. The number of hydrogen-bond acceptors (Lipinski definition) is 5. The maximum atomic E-state index is 11.9. The molecule has 0 bridgehead atoms. The van der Waals surface area contributed by atoms with Crippen molar-refractivity contribution in [2.75, 3.05) is 18.4 Å². The quantitative estimate of drug-likeness (QED) is 0.643. The molecule has 7 nitrogen and oxygen atoms in total. The molecule has 4 rings (SSSR count). The van der Waals surface area contributed by atoms with Gasteiger partial charge in [0.15, 0.2) is 0 Å². The molecule has 0 radical (unpaired) electrons. The number of halogens is 3. The molecule has 180 valence electrons. The van der Waals surface area contributed by atoms with Gasteiger partial charge >= 0.3 is 12.1 Å². The van der Waals surface area contributed by atoms with Gasteiger partial charge in [-0.3, -0.25) is 9.69 Å². The molecule has 10 heteroatoms. The number of nitrogens with one attached hydrogen (secondary N) is 1. The minimum Gasteiger partial charge on any atom is -0.490 e. The van der Waals surface area contributed by atoms with Crippen LogP contribution < -0.4 is 10.1 Å². The van der Waals surface area contributed by atoms with Crippen LogP contribution in [0.4, 0.5) is 18.9 Å². The lowest BCUT2D eigenvalue weighted by Crippen LogP contribution is -2.37. The topological polar surface area (TPSA) is 92.0 Å². The first kappa shape index (κ1) is 24.6. The number of carbonyl (C=O) groups excluding carboxylic acids is 1. The smallest absolute Gasteiger partial charge is 0.490 e. The van der Waals surface area contributed by atoms with Gasteiger partial charge in [0.2, 0.25) is 5.91 Å². The number of amides is 1. The molecule has 33 heavy (non-hydrogen) atoms. The Bertz CT molecular complexity index is 934. The van der Waals surface area contributed by atoms with E-state index in [9.17, 15) is 18.0 Å². The number of hydrogen-bond donors (Lipinski definition) is 2. The maximum Gasteiger partial charge on any atom is 0.490 e. The molecule has 1 aromatic heterocycles. The van der Waals surface area contributed by atoms with E-state index in [0.717, 1.165) is 68.1 Å². The summed E-state index contributed by atoms with van der Waals surface area (Å²) in [6, 6.07) is 9.88. The minimum atomic E-state index is -5.08. The lowest BCUT2D eigenvalue weighted by atomic mass is 10.1. The zero-order valence-electron chi connectivity index (χ0n) is 18.2. The number of carbonyl (C=O) groups is 2. The Balaban J connectivity index is 0.000000383. The largest absolute Gasteiger partial charge is 0.490 e. The van der Waals surface area contributed by atoms with Crippen LogP contribution in [0.1, 0.15) is 37.0 Å². The number of alkyl halides is 3. The Kier molecular flexibility index (Phi) is 8.01. The van der Waals surface area contributed by atoms with Crippen molar-refractivity contribution in [1.82, 2.24) is 4.90 Å². The summed E-state index contributed by atoms with van der Waals surface area (Å²) in [7, 11) is 0. The number of anilines is 1. The van der Waals surface area contributed by atoms with Gasteiger partial charge in [0, 0.05) is 24.7 Å². The molecule has 2 fully saturated rings. The van der Waals surface area contributed by atoms with Crippen LogP contribution in [0, 0.1) is 12.8 Å². The summed E-state index contributed by atoms with van der Waals surface area (Å²) in [6.07, 6.45) is 0.953. The molecule has 2 heterocycles. The van der Waals surface area contributed by atoms with Crippen LogP contribution in [0.5, 0.6) is 5.75 Å². The van der Waals surface area contributed by atoms with Crippen molar-refractivity contribution >= 4 is 17.6 Å². The first-order valence-corrected chi connectivity index (χ1v) is 10.7. The number of aliphatic carboxylic acids is 1. The molecule has 0 atom stereocenters. The van der Waals surface area contributed by atoms with E-state index in [0.29, 0.717) is 0 Å². The van der Waals surface area contributed by atoms with Crippen molar-refractivity contribution in [2.45, 2.75) is 51.4 Å². The Labute approximate surface area is 189 Å². The van der Waals surface area contributed by atoms with Crippen molar-refractivity contribution in [3.63, 3.8) is 0 Å². The summed E-state index contributed by atoms with van der Waals surface area (Å²) in [5, 5.41) is 10.1. The second kappa shape index (κ2) is 10.7. The minimum absolute atomic E-state index is 0.141. The molecule has 0 spiro atoms. The van der Waals surface area contributed by atoms with Gasteiger partial charge in [-0.15, -0.1) is 0 Å². The molecule has 1 aliphatic heterocycles. The number of benzene rings is 1. The molecule has 2 aromatic rings. The first-order valence-electron chi connectivity index (χ1n) is 10.7. The summed E-state index contributed by atoms with van der Waals surface area (Å²) in [5.41, 5.74) is 1.93. The SMILES string of the molecule is Cc1cc(NC(=O)C2CC2)ccc1OC1CCN(Cc2ccco2)CC1.O=C(O)C(F)(F)F. The van der Waals surface area contributed by atoms with Crippen LogP contribution >= 0.6 is 0 Å². The average molecular weight is 468 g/mol. The molecule has 1 saturated carbocycles. The lowest BCUT2D eigenvalue weighted by molar-refractivity contribution is -0.192. The van der Waals surface area contributed by atoms with E-state index in [2.05, 4.69) is 10.2 Å². The monoisotopic (exact) mass is 468 g/mol. The fraction of sp³-hybridized carbons (Fsp3) is 0.478. The van der Waals surface area contributed by atoms with Crippen molar-refractivity contribution in [3.8, 4) is 5.75 Å². The summed E-state index contributed by atoms with van der Waals surface area (Å²) < 4.78 is 43.4. The van der Waals surface area contributed by atoms with E-state index < -0.39 is 12.1 Å². The summed E-state index contributed by atoms with van der Waals surface area (Å²) in [6.45, 7) is 4.93. The number of carboxylic acid groups (broad SMARTS) is 1. The number of rotatable bonds is 6. The lowest BCUT2D eigenvalue weighted by Gasteiger charge is -2.32. The van der Waals surface area contributed by atoms with E-state index >= 15 is 0 Å². The van der Waals surface area contributed by atoms with Crippen LogP contribution in [-0.2, 0) is 16.1 Å². The fourth-order valence-electron chi connectivity index (χ4n) is 3.44. The van der Waals surface area contributed by atoms with Gasteiger partial charge in [-0.05, 0) is 68.5 Å². The van der Waals surface area contributed by atoms with E-state index in [-0.39, 0.29) is 17.9 Å². The number of nitrogens with zero attached hydrogens (tertiary/aromatic N) is 1. The molecule has 1 amide bonds. The van der Waals surface area contributed by atoms with Crippen LogP contribution in [0.3, 0.4) is 0 Å². The van der Waals surface area contributed by atoms with Crippen LogP contribution in [0.25, 0.3) is 0 Å². The molecule has 1 aliphatic carbocycles. The average Bonchev–Trinajstić information content (AvgIpc) is 3.49. The molecule has 0 unspecified atom stereocenters. The maximum absolute atomic E-state index is 11.9. The summed E-state index contributed by atoms with van der Waals surface area (Å²) in [5.74, 6) is -0.463. The molecule has 1 saturated heterocycles. The predicted molar refractivity (Wildman–Crippen MR) is 114 cm³/mol. The highest BCUT2D eigenvalue weighted by atomic mass is 19.4. The molecule has 2 N–H and O–H groups in total.